The first-order valence-electron chi connectivity index (χ1n) is 28.4. The molecule has 0 aromatic heterocycles. The van der Waals surface area contributed by atoms with Gasteiger partial charge in [0.15, 0.2) is 6.10 Å². The fourth-order valence-electron chi connectivity index (χ4n) is 7.93. The van der Waals surface area contributed by atoms with Gasteiger partial charge >= 0.3 is 17.9 Å². The van der Waals surface area contributed by atoms with Crippen LogP contribution in [-0.4, -0.2) is 37.2 Å². The second-order valence-electron chi connectivity index (χ2n) is 18.8. The molecule has 0 heterocycles. The molecule has 0 amide bonds. The highest BCUT2D eigenvalue weighted by atomic mass is 16.6. The highest BCUT2D eigenvalue weighted by molar-refractivity contribution is 5.71. The van der Waals surface area contributed by atoms with Crippen molar-refractivity contribution in [3.05, 3.63) is 72.9 Å². The second kappa shape index (κ2) is 55.4. The number of esters is 3. The molecule has 6 heteroatoms. The predicted octanol–water partition coefficient (Wildman–Crippen LogP) is 19.0. The van der Waals surface area contributed by atoms with Crippen molar-refractivity contribution < 1.29 is 28.6 Å². The molecule has 0 spiro atoms. The van der Waals surface area contributed by atoms with Crippen LogP contribution in [0.15, 0.2) is 72.9 Å². The Morgan fingerprint density at radius 1 is 0.313 bits per heavy atom. The van der Waals surface area contributed by atoms with Gasteiger partial charge in [0.2, 0.25) is 0 Å². The van der Waals surface area contributed by atoms with E-state index in [1.54, 1.807) is 0 Å². The molecule has 0 aromatic rings. The first-order valence-corrected chi connectivity index (χ1v) is 28.4. The minimum atomic E-state index is -0.801. The van der Waals surface area contributed by atoms with E-state index >= 15 is 0 Å². The van der Waals surface area contributed by atoms with Crippen molar-refractivity contribution in [2.45, 2.75) is 284 Å². The van der Waals surface area contributed by atoms with E-state index < -0.39 is 6.10 Å². The molecule has 0 radical (unpaired) electrons. The van der Waals surface area contributed by atoms with Crippen LogP contribution >= 0.6 is 0 Å². The molecular weight excluding hydrogens is 829 g/mol. The summed E-state index contributed by atoms with van der Waals surface area (Å²) >= 11 is 0. The maximum Gasteiger partial charge on any atom is 0.306 e. The lowest BCUT2D eigenvalue weighted by Crippen LogP contribution is -2.30. The summed E-state index contributed by atoms with van der Waals surface area (Å²) in [5.41, 5.74) is 0. The van der Waals surface area contributed by atoms with Crippen molar-refractivity contribution >= 4 is 17.9 Å². The molecule has 0 bridgehead atoms. The van der Waals surface area contributed by atoms with Gasteiger partial charge in [-0.3, -0.25) is 14.4 Å². The summed E-state index contributed by atoms with van der Waals surface area (Å²) in [6.45, 7) is 6.48. The van der Waals surface area contributed by atoms with Gasteiger partial charge in [0.25, 0.3) is 0 Å². The molecule has 0 unspecified atom stereocenters. The Bertz CT molecular complexity index is 1260. The Morgan fingerprint density at radius 2 is 0.582 bits per heavy atom. The number of ether oxygens (including phenoxy) is 3. The van der Waals surface area contributed by atoms with Gasteiger partial charge in [-0.05, 0) is 89.9 Å². The third-order valence-corrected chi connectivity index (χ3v) is 12.2. The first-order chi connectivity index (χ1) is 33.0. The topological polar surface area (TPSA) is 78.9 Å². The van der Waals surface area contributed by atoms with Gasteiger partial charge in [0.05, 0.1) is 0 Å². The molecule has 386 valence electrons. The van der Waals surface area contributed by atoms with Crippen molar-refractivity contribution in [2.24, 2.45) is 0 Å². The summed E-state index contributed by atoms with van der Waals surface area (Å²) in [7, 11) is 0. The average molecular weight is 936 g/mol. The monoisotopic (exact) mass is 935 g/mol. The van der Waals surface area contributed by atoms with Crippen LogP contribution in [-0.2, 0) is 28.6 Å². The Labute approximate surface area is 414 Å². The molecule has 0 aliphatic carbocycles. The smallest absolute Gasteiger partial charge is 0.306 e. The van der Waals surface area contributed by atoms with Crippen LogP contribution in [0, 0.1) is 0 Å². The van der Waals surface area contributed by atoms with Crippen molar-refractivity contribution in [3.63, 3.8) is 0 Å². The third kappa shape index (κ3) is 53.7. The summed E-state index contributed by atoms with van der Waals surface area (Å²) < 4.78 is 16.8. The first kappa shape index (κ1) is 63.8. The van der Waals surface area contributed by atoms with Crippen molar-refractivity contribution in [2.75, 3.05) is 13.2 Å². The van der Waals surface area contributed by atoms with Crippen LogP contribution in [0.25, 0.3) is 0 Å². The number of unbranched alkanes of at least 4 members (excludes halogenated alkanes) is 28. The van der Waals surface area contributed by atoms with Crippen LogP contribution in [0.5, 0.6) is 0 Å². The summed E-state index contributed by atoms with van der Waals surface area (Å²) in [4.78, 5) is 38.1. The quantitative estimate of drug-likeness (QED) is 0.0262. The lowest BCUT2D eigenvalue weighted by molar-refractivity contribution is -0.167. The minimum absolute atomic E-state index is 0.0943. The average Bonchev–Trinajstić information content (AvgIpc) is 3.33. The summed E-state index contributed by atoms with van der Waals surface area (Å²) in [6, 6.07) is 0. The maximum atomic E-state index is 12.8. The van der Waals surface area contributed by atoms with Gasteiger partial charge < -0.3 is 14.2 Å². The molecule has 67 heavy (non-hydrogen) atoms. The van der Waals surface area contributed by atoms with Gasteiger partial charge in [-0.1, -0.05) is 241 Å². The molecule has 1 atom stereocenters. The summed E-state index contributed by atoms with van der Waals surface area (Å²) in [5.74, 6) is -0.942. The fourth-order valence-corrected chi connectivity index (χ4v) is 7.93. The zero-order valence-electron chi connectivity index (χ0n) is 44.2. The molecule has 0 fully saturated rings. The van der Waals surface area contributed by atoms with E-state index in [2.05, 4.69) is 93.7 Å². The Balaban J connectivity index is 4.41. The van der Waals surface area contributed by atoms with E-state index in [0.717, 1.165) is 103 Å². The Morgan fingerprint density at radius 3 is 0.970 bits per heavy atom. The standard InChI is InChI=1S/C61H106O6/c1-4-7-10-13-16-19-22-25-28-29-30-31-34-36-39-42-45-48-51-54-60(63)66-57-58(67-61(64)55-52-49-46-43-40-37-33-27-24-21-18-15-12-9-6-3)56-65-59(62)53-50-47-44-41-38-35-32-26-23-20-17-14-11-8-5-2/h8,11,17-18,20-21,26-27,32-33,40,43,58H,4-7,9-10,12-16,19,22-25,28-31,34-39,41-42,44-57H2,1-3H3/b11-8-,20-17-,21-18-,32-26-,33-27-,43-40-/t58-/m1/s1. The van der Waals surface area contributed by atoms with Crippen molar-refractivity contribution in [1.29, 1.82) is 0 Å². The Hall–Kier alpha value is -3.15. The largest absolute Gasteiger partial charge is 0.462 e. The van der Waals surface area contributed by atoms with E-state index in [0.29, 0.717) is 19.3 Å². The summed E-state index contributed by atoms with van der Waals surface area (Å²) in [5, 5.41) is 0. The third-order valence-electron chi connectivity index (χ3n) is 12.2. The normalized spacial score (nSPS) is 12.6. The predicted molar refractivity (Wildman–Crippen MR) is 288 cm³/mol. The number of carbonyl (C=O) groups is 3. The zero-order chi connectivity index (χ0) is 48.6. The summed E-state index contributed by atoms with van der Waals surface area (Å²) in [6.07, 6.45) is 70.4. The van der Waals surface area contributed by atoms with Crippen molar-refractivity contribution in [3.8, 4) is 0 Å². The molecule has 0 aliphatic heterocycles. The number of allylic oxidation sites excluding steroid dienone is 12. The maximum absolute atomic E-state index is 12.8. The van der Waals surface area contributed by atoms with Crippen LogP contribution in [0.4, 0.5) is 0 Å². The van der Waals surface area contributed by atoms with E-state index in [-0.39, 0.29) is 37.5 Å². The molecule has 0 aromatic carbocycles. The number of carbonyl (C=O) groups excluding carboxylic acids is 3. The van der Waals surface area contributed by atoms with Gasteiger partial charge in [-0.25, -0.2) is 0 Å². The lowest BCUT2D eigenvalue weighted by atomic mass is 10.0. The van der Waals surface area contributed by atoms with Crippen LogP contribution in [0.3, 0.4) is 0 Å². The van der Waals surface area contributed by atoms with Gasteiger partial charge in [-0.15, -0.1) is 0 Å². The molecule has 0 rings (SSSR count). The van der Waals surface area contributed by atoms with Crippen LogP contribution in [0.2, 0.25) is 0 Å². The molecule has 0 saturated carbocycles. The number of hydrogen-bond acceptors (Lipinski definition) is 6. The molecule has 6 nitrogen and oxygen atoms in total. The van der Waals surface area contributed by atoms with Crippen LogP contribution in [0.1, 0.15) is 278 Å². The number of rotatable bonds is 51. The van der Waals surface area contributed by atoms with Crippen LogP contribution < -0.4 is 0 Å². The fraction of sp³-hybridized carbons (Fsp3) is 0.754. The highest BCUT2D eigenvalue weighted by Crippen LogP contribution is 2.16. The minimum Gasteiger partial charge on any atom is -0.462 e. The van der Waals surface area contributed by atoms with Gasteiger partial charge in [-0.2, -0.15) is 0 Å². The number of hydrogen-bond donors (Lipinski definition) is 0. The van der Waals surface area contributed by atoms with E-state index in [1.165, 1.54) is 128 Å². The molecule has 0 N–H and O–H groups in total. The second-order valence-corrected chi connectivity index (χ2v) is 18.8. The Kier molecular flexibility index (Phi) is 52.8. The molecule has 0 saturated heterocycles. The van der Waals surface area contributed by atoms with E-state index in [1.807, 2.05) is 0 Å². The molecule has 0 aliphatic rings. The van der Waals surface area contributed by atoms with Gasteiger partial charge in [0.1, 0.15) is 13.2 Å². The van der Waals surface area contributed by atoms with E-state index in [9.17, 15) is 14.4 Å². The SMILES string of the molecule is CC/C=C\C/C=C\C/C=C\CCCCCCCC(=O)OC[C@H](COC(=O)CCCCCCCCCCCCCCCCCCCCC)OC(=O)CCCC/C=C\C/C=C\C/C=C\CCCCC. The zero-order valence-corrected chi connectivity index (χ0v) is 44.2. The van der Waals surface area contributed by atoms with E-state index in [4.69, 9.17) is 14.2 Å². The van der Waals surface area contributed by atoms with Crippen molar-refractivity contribution in [1.82, 2.24) is 0 Å². The highest BCUT2D eigenvalue weighted by Gasteiger charge is 2.19. The van der Waals surface area contributed by atoms with Gasteiger partial charge in [0, 0.05) is 19.3 Å². The molecular formula is C61H106O6. The lowest BCUT2D eigenvalue weighted by Gasteiger charge is -2.18.